The van der Waals surface area contributed by atoms with E-state index in [4.69, 9.17) is 0 Å². The van der Waals surface area contributed by atoms with Crippen LogP contribution in [-0.4, -0.2) is 71.4 Å². The number of nitrogens with one attached hydrogen (secondary N) is 2. The molecule has 1 aromatic heterocycles. The van der Waals surface area contributed by atoms with Crippen LogP contribution in [0.5, 0.6) is 0 Å². The highest BCUT2D eigenvalue weighted by Crippen LogP contribution is 2.15. The van der Waals surface area contributed by atoms with Crippen LogP contribution in [0.1, 0.15) is 41.9 Å². The third-order valence-electron chi connectivity index (χ3n) is 6.65. The van der Waals surface area contributed by atoms with Gasteiger partial charge in [-0.05, 0) is 50.4 Å². The van der Waals surface area contributed by atoms with E-state index < -0.39 is 0 Å². The number of hydrogen-bond donors (Lipinski definition) is 2. The van der Waals surface area contributed by atoms with E-state index in [0.29, 0.717) is 0 Å². The Labute approximate surface area is 193 Å². The van der Waals surface area contributed by atoms with E-state index in [9.17, 15) is 0 Å². The van der Waals surface area contributed by atoms with Gasteiger partial charge in [-0.1, -0.05) is 31.2 Å². The first-order valence-electron chi connectivity index (χ1n) is 11.9. The standard InChI is InChI=1S/C25H41N7/c1-7-31-12-14-32(15-13-31)18-23-11-9-8-10-22(23)17-27-25(26-5)28-19(2)16-24-20(3)29-30(6)21(24)4/h8-11,19H,7,12-18H2,1-6H3,(H2,26,27,28). The van der Waals surface area contributed by atoms with E-state index >= 15 is 0 Å². The number of rotatable bonds is 8. The van der Waals surface area contributed by atoms with Crippen LogP contribution in [0, 0.1) is 13.8 Å². The zero-order valence-corrected chi connectivity index (χ0v) is 20.8. The summed E-state index contributed by atoms with van der Waals surface area (Å²) in [6.07, 6.45) is 0.923. The number of guanidine groups is 1. The maximum absolute atomic E-state index is 4.54. The molecule has 176 valence electrons. The van der Waals surface area contributed by atoms with Crippen molar-refractivity contribution in [3.05, 3.63) is 52.3 Å². The second-order valence-corrected chi connectivity index (χ2v) is 8.93. The Hall–Kier alpha value is -2.38. The summed E-state index contributed by atoms with van der Waals surface area (Å²) in [4.78, 5) is 9.55. The topological polar surface area (TPSA) is 60.7 Å². The van der Waals surface area contributed by atoms with Crippen molar-refractivity contribution in [2.75, 3.05) is 39.8 Å². The molecule has 7 heteroatoms. The highest BCUT2D eigenvalue weighted by atomic mass is 15.3. The van der Waals surface area contributed by atoms with E-state index in [0.717, 1.165) is 50.8 Å². The Balaban J connectivity index is 1.54. The second-order valence-electron chi connectivity index (χ2n) is 8.93. The van der Waals surface area contributed by atoms with Gasteiger partial charge in [-0.15, -0.1) is 0 Å². The average Bonchev–Trinajstić information content (AvgIpc) is 3.03. The Morgan fingerprint density at radius 1 is 1.09 bits per heavy atom. The molecule has 2 N–H and O–H groups in total. The lowest BCUT2D eigenvalue weighted by Gasteiger charge is -2.34. The molecule has 0 saturated carbocycles. The number of aryl methyl sites for hydroxylation is 2. The van der Waals surface area contributed by atoms with Crippen molar-refractivity contribution in [3.8, 4) is 0 Å². The lowest BCUT2D eigenvalue weighted by molar-refractivity contribution is 0.131. The van der Waals surface area contributed by atoms with E-state index in [1.54, 1.807) is 0 Å². The maximum atomic E-state index is 4.54. The normalized spacial score (nSPS) is 16.9. The fourth-order valence-electron chi connectivity index (χ4n) is 4.47. The van der Waals surface area contributed by atoms with E-state index in [1.807, 2.05) is 18.8 Å². The molecular weight excluding hydrogens is 398 g/mol. The Bertz CT molecular complexity index is 894. The van der Waals surface area contributed by atoms with Crippen molar-refractivity contribution in [2.24, 2.45) is 12.0 Å². The van der Waals surface area contributed by atoms with Crippen LogP contribution in [0.15, 0.2) is 29.3 Å². The largest absolute Gasteiger partial charge is 0.354 e. The molecule has 2 aromatic rings. The molecule has 7 nitrogen and oxygen atoms in total. The molecule has 3 rings (SSSR count). The molecule has 1 aliphatic rings. The molecule has 1 aliphatic heterocycles. The van der Waals surface area contributed by atoms with Gasteiger partial charge in [0.2, 0.25) is 0 Å². The lowest BCUT2D eigenvalue weighted by Crippen LogP contribution is -2.45. The van der Waals surface area contributed by atoms with Crippen molar-refractivity contribution >= 4 is 5.96 Å². The molecule has 1 unspecified atom stereocenters. The van der Waals surface area contributed by atoms with Gasteiger partial charge in [0.15, 0.2) is 5.96 Å². The fourth-order valence-corrected chi connectivity index (χ4v) is 4.47. The molecule has 0 spiro atoms. The summed E-state index contributed by atoms with van der Waals surface area (Å²) in [6, 6.07) is 9.02. The van der Waals surface area contributed by atoms with Crippen LogP contribution < -0.4 is 10.6 Å². The van der Waals surface area contributed by atoms with Gasteiger partial charge in [0.05, 0.1) is 5.69 Å². The molecule has 0 radical (unpaired) electrons. The lowest BCUT2D eigenvalue weighted by atomic mass is 10.1. The van der Waals surface area contributed by atoms with Gasteiger partial charge >= 0.3 is 0 Å². The maximum Gasteiger partial charge on any atom is 0.191 e. The number of piperazine rings is 1. The Morgan fingerprint density at radius 3 is 2.34 bits per heavy atom. The molecule has 1 saturated heterocycles. The summed E-state index contributed by atoms with van der Waals surface area (Å²) >= 11 is 0. The van der Waals surface area contributed by atoms with Crippen LogP contribution in [-0.2, 0) is 26.6 Å². The first kappa shape index (κ1) is 24.3. The number of nitrogens with zero attached hydrogens (tertiary/aromatic N) is 5. The zero-order chi connectivity index (χ0) is 23.1. The Kier molecular flexibility index (Phi) is 8.70. The third kappa shape index (κ3) is 6.33. The summed E-state index contributed by atoms with van der Waals surface area (Å²) in [5, 5.41) is 11.6. The fraction of sp³-hybridized carbons (Fsp3) is 0.600. The molecule has 2 heterocycles. The van der Waals surface area contributed by atoms with Gasteiger partial charge in [0.1, 0.15) is 0 Å². The van der Waals surface area contributed by atoms with Crippen molar-refractivity contribution in [1.29, 1.82) is 0 Å². The number of hydrogen-bond acceptors (Lipinski definition) is 4. The number of aliphatic imine (C=N–C) groups is 1. The van der Waals surface area contributed by atoms with Gasteiger partial charge < -0.3 is 15.5 Å². The molecule has 1 fully saturated rings. The monoisotopic (exact) mass is 439 g/mol. The molecular formula is C25H41N7. The number of aromatic nitrogens is 2. The predicted octanol–water partition coefficient (Wildman–Crippen LogP) is 2.47. The molecule has 0 amide bonds. The van der Waals surface area contributed by atoms with Crippen LogP contribution in [0.2, 0.25) is 0 Å². The average molecular weight is 440 g/mol. The Morgan fingerprint density at radius 2 is 1.75 bits per heavy atom. The van der Waals surface area contributed by atoms with Crippen LogP contribution >= 0.6 is 0 Å². The van der Waals surface area contributed by atoms with Crippen molar-refractivity contribution < 1.29 is 0 Å². The summed E-state index contributed by atoms with van der Waals surface area (Å²) in [7, 11) is 3.84. The summed E-state index contributed by atoms with van der Waals surface area (Å²) in [5.41, 5.74) is 6.38. The van der Waals surface area contributed by atoms with Crippen molar-refractivity contribution in [3.63, 3.8) is 0 Å². The van der Waals surface area contributed by atoms with Gasteiger partial charge in [-0.2, -0.15) is 5.10 Å². The minimum Gasteiger partial charge on any atom is -0.354 e. The van der Waals surface area contributed by atoms with E-state index in [1.165, 1.54) is 35.5 Å². The minimum absolute atomic E-state index is 0.257. The first-order valence-corrected chi connectivity index (χ1v) is 11.9. The third-order valence-corrected chi connectivity index (χ3v) is 6.65. The molecule has 1 atom stereocenters. The van der Waals surface area contributed by atoms with E-state index in [2.05, 4.69) is 82.5 Å². The summed E-state index contributed by atoms with van der Waals surface area (Å²) in [6.45, 7) is 16.2. The molecule has 0 bridgehead atoms. The van der Waals surface area contributed by atoms with Crippen LogP contribution in [0.3, 0.4) is 0 Å². The highest BCUT2D eigenvalue weighted by Gasteiger charge is 2.17. The second kappa shape index (κ2) is 11.5. The quantitative estimate of drug-likeness (QED) is 0.489. The molecule has 0 aliphatic carbocycles. The minimum atomic E-state index is 0.257. The molecule has 32 heavy (non-hydrogen) atoms. The predicted molar refractivity (Wildman–Crippen MR) is 133 cm³/mol. The number of likely N-dealkylation sites (N-methyl/N-ethyl adjacent to an activating group) is 1. The molecule has 1 aromatic carbocycles. The van der Waals surface area contributed by atoms with Crippen molar-refractivity contribution in [1.82, 2.24) is 30.2 Å². The summed E-state index contributed by atoms with van der Waals surface area (Å²) in [5.74, 6) is 0.836. The first-order chi connectivity index (χ1) is 15.4. The van der Waals surface area contributed by atoms with Gasteiger partial charge in [-0.25, -0.2) is 0 Å². The van der Waals surface area contributed by atoms with E-state index in [-0.39, 0.29) is 6.04 Å². The van der Waals surface area contributed by atoms with Crippen molar-refractivity contribution in [2.45, 2.75) is 53.2 Å². The smallest absolute Gasteiger partial charge is 0.191 e. The SMILES string of the molecule is CCN1CCN(Cc2ccccc2CNC(=NC)NC(C)Cc2c(C)nn(C)c2C)CC1. The van der Waals surface area contributed by atoms with Crippen LogP contribution in [0.4, 0.5) is 0 Å². The van der Waals surface area contributed by atoms with Crippen LogP contribution in [0.25, 0.3) is 0 Å². The summed E-state index contributed by atoms with van der Waals surface area (Å²) < 4.78 is 1.96. The number of benzene rings is 1. The highest BCUT2D eigenvalue weighted by molar-refractivity contribution is 5.80. The van der Waals surface area contributed by atoms with Gasteiger partial charge in [0.25, 0.3) is 0 Å². The van der Waals surface area contributed by atoms with Gasteiger partial charge in [-0.3, -0.25) is 14.6 Å². The van der Waals surface area contributed by atoms with Gasteiger partial charge in [0, 0.05) is 65.1 Å². The zero-order valence-electron chi connectivity index (χ0n) is 20.8.